The van der Waals surface area contributed by atoms with Gasteiger partial charge >= 0.3 is 0 Å². The van der Waals surface area contributed by atoms with E-state index in [1.54, 1.807) is 12.1 Å². The lowest BCUT2D eigenvalue weighted by molar-refractivity contribution is -0.384. The van der Waals surface area contributed by atoms with Gasteiger partial charge in [-0.3, -0.25) is 14.9 Å². The number of non-ortho nitro benzene ring substituents is 1. The van der Waals surface area contributed by atoms with E-state index in [0.717, 1.165) is 17.7 Å². The van der Waals surface area contributed by atoms with E-state index in [4.69, 9.17) is 0 Å². The summed E-state index contributed by atoms with van der Waals surface area (Å²) in [7, 11) is -4.17. The zero-order valence-corrected chi connectivity index (χ0v) is 14.1. The minimum Gasteiger partial charge on any atom is -0.266 e. The monoisotopic (exact) mass is 359 g/mol. The molecule has 0 radical (unpaired) electrons. The number of rotatable bonds is 3. The Hall–Kier alpha value is -3.07. The lowest BCUT2D eigenvalue weighted by Gasteiger charge is -2.12. The van der Waals surface area contributed by atoms with Crippen molar-refractivity contribution in [2.45, 2.75) is 18.7 Å². The fraction of sp³-hybridized carbons (Fsp3) is 0.125. The molecule has 8 nitrogen and oxygen atoms in total. The maximum Gasteiger partial charge on any atom is 0.286 e. The molecule has 9 heteroatoms. The molecule has 1 heterocycles. The minimum absolute atomic E-state index is 0.0122. The zero-order chi connectivity index (χ0) is 18.4. The maximum atomic E-state index is 13.0. The Morgan fingerprint density at radius 2 is 1.72 bits per heavy atom. The van der Waals surface area contributed by atoms with Crippen LogP contribution in [0.1, 0.15) is 11.3 Å². The van der Waals surface area contributed by atoms with Crippen molar-refractivity contribution in [2.75, 3.05) is 0 Å². The molecule has 0 unspecified atom stereocenters. The third kappa shape index (κ3) is 2.78. The number of fused-ring (bicyclic) bond motifs is 1. The normalized spacial score (nSPS) is 11.6. The molecular weight excluding hydrogens is 346 g/mol. The molecule has 0 aliphatic heterocycles. The van der Waals surface area contributed by atoms with Gasteiger partial charge in [0.15, 0.2) is 0 Å². The topological polar surface area (TPSA) is 112 Å². The third-order valence-corrected chi connectivity index (χ3v) is 5.44. The summed E-state index contributed by atoms with van der Waals surface area (Å²) in [5.74, 6) is 0. The number of nitro benzene ring substituents is 1. The molecule has 128 valence electrons. The van der Waals surface area contributed by atoms with Crippen LogP contribution in [0.4, 0.5) is 5.69 Å². The second-order valence-electron chi connectivity index (χ2n) is 5.51. The summed E-state index contributed by atoms with van der Waals surface area (Å²) >= 11 is 0. The molecule has 1 aromatic heterocycles. The fourth-order valence-electron chi connectivity index (χ4n) is 2.43. The standard InChI is InChI=1S/C16H13N3O5S/c1-10-3-6-13(7-4-10)25(23,24)18-15-8-5-12(19(21)22)9-14(15)17-11(2)16(18)20/h3-9H,1-2H3. The van der Waals surface area contributed by atoms with Crippen LogP contribution >= 0.6 is 0 Å². The molecule has 0 bridgehead atoms. The van der Waals surface area contributed by atoms with Crippen molar-refractivity contribution in [3.63, 3.8) is 0 Å². The van der Waals surface area contributed by atoms with E-state index in [2.05, 4.69) is 4.98 Å². The highest BCUT2D eigenvalue weighted by molar-refractivity contribution is 7.90. The molecule has 3 aromatic rings. The molecular formula is C16H13N3O5S. The Labute approximate surface area is 142 Å². The number of nitro groups is 1. The lowest BCUT2D eigenvalue weighted by atomic mass is 10.2. The van der Waals surface area contributed by atoms with Crippen LogP contribution in [0.3, 0.4) is 0 Å². The average molecular weight is 359 g/mol. The summed E-state index contributed by atoms with van der Waals surface area (Å²) in [6, 6.07) is 9.56. The first kappa shape index (κ1) is 16.8. The van der Waals surface area contributed by atoms with Crippen LogP contribution in [0.25, 0.3) is 11.0 Å². The summed E-state index contributed by atoms with van der Waals surface area (Å²) in [5, 5.41) is 10.9. The Morgan fingerprint density at radius 1 is 1.08 bits per heavy atom. The van der Waals surface area contributed by atoms with Gasteiger partial charge in [0.2, 0.25) is 0 Å². The van der Waals surface area contributed by atoms with Crippen molar-refractivity contribution in [3.8, 4) is 0 Å². The molecule has 0 aliphatic carbocycles. The van der Waals surface area contributed by atoms with Gasteiger partial charge in [0.05, 0.1) is 20.9 Å². The van der Waals surface area contributed by atoms with E-state index in [9.17, 15) is 23.3 Å². The molecule has 0 N–H and O–H groups in total. The van der Waals surface area contributed by atoms with Gasteiger partial charge in [-0.15, -0.1) is 0 Å². The molecule has 0 saturated carbocycles. The molecule has 25 heavy (non-hydrogen) atoms. The molecule has 0 spiro atoms. The summed E-state index contributed by atoms with van der Waals surface area (Å²) in [5.41, 5.74) is -0.176. The van der Waals surface area contributed by atoms with Gasteiger partial charge in [-0.1, -0.05) is 17.7 Å². The van der Waals surface area contributed by atoms with E-state index < -0.39 is 20.5 Å². The van der Waals surface area contributed by atoms with Crippen LogP contribution in [-0.2, 0) is 10.0 Å². The molecule has 0 fully saturated rings. The first-order valence-corrected chi connectivity index (χ1v) is 8.66. The van der Waals surface area contributed by atoms with E-state index >= 15 is 0 Å². The van der Waals surface area contributed by atoms with Gasteiger partial charge in [-0.05, 0) is 32.0 Å². The number of hydrogen-bond donors (Lipinski definition) is 0. The van der Waals surface area contributed by atoms with Crippen molar-refractivity contribution < 1.29 is 13.3 Å². The highest BCUT2D eigenvalue weighted by atomic mass is 32.2. The average Bonchev–Trinajstić information content (AvgIpc) is 2.55. The number of nitrogens with zero attached hydrogens (tertiary/aromatic N) is 3. The summed E-state index contributed by atoms with van der Waals surface area (Å²) in [4.78, 5) is 26.7. The van der Waals surface area contributed by atoms with Crippen LogP contribution < -0.4 is 5.56 Å². The van der Waals surface area contributed by atoms with Crippen LogP contribution in [0, 0.1) is 24.0 Å². The predicted octanol–water partition coefficient (Wildman–Crippen LogP) is 2.16. The third-order valence-electron chi connectivity index (χ3n) is 3.73. The lowest BCUT2D eigenvalue weighted by Crippen LogP contribution is -2.30. The minimum atomic E-state index is -4.17. The SMILES string of the molecule is Cc1ccc(S(=O)(=O)n2c(=O)c(C)nc3cc([N+](=O)[O-])ccc32)cc1. The maximum absolute atomic E-state index is 13.0. The van der Waals surface area contributed by atoms with Gasteiger partial charge in [-0.2, -0.15) is 3.97 Å². The number of benzene rings is 2. The number of aromatic nitrogens is 2. The number of aryl methyl sites for hydroxylation is 2. The Balaban J connectivity index is 2.38. The first-order valence-electron chi connectivity index (χ1n) is 7.22. The molecule has 0 saturated heterocycles. The van der Waals surface area contributed by atoms with E-state index in [1.165, 1.54) is 25.1 Å². The number of hydrogen-bond acceptors (Lipinski definition) is 6. The van der Waals surface area contributed by atoms with Gasteiger partial charge in [-0.25, -0.2) is 13.4 Å². The highest BCUT2D eigenvalue weighted by Gasteiger charge is 2.23. The Morgan fingerprint density at radius 3 is 2.32 bits per heavy atom. The quantitative estimate of drug-likeness (QED) is 0.523. The van der Waals surface area contributed by atoms with E-state index in [-0.39, 0.29) is 27.3 Å². The van der Waals surface area contributed by atoms with Crippen molar-refractivity contribution in [1.29, 1.82) is 0 Å². The van der Waals surface area contributed by atoms with Gasteiger partial charge in [0.1, 0.15) is 5.69 Å². The second-order valence-corrected chi connectivity index (χ2v) is 7.30. The van der Waals surface area contributed by atoms with Gasteiger partial charge in [0, 0.05) is 12.1 Å². The Bertz CT molecular complexity index is 1160. The fourth-order valence-corrected chi connectivity index (χ4v) is 3.88. The Kier molecular flexibility index (Phi) is 3.88. The van der Waals surface area contributed by atoms with E-state index in [0.29, 0.717) is 3.97 Å². The summed E-state index contributed by atoms with van der Waals surface area (Å²) in [6.45, 7) is 3.18. The highest BCUT2D eigenvalue weighted by Crippen LogP contribution is 2.22. The first-order chi connectivity index (χ1) is 11.7. The largest absolute Gasteiger partial charge is 0.286 e. The predicted molar refractivity (Wildman–Crippen MR) is 91.2 cm³/mol. The van der Waals surface area contributed by atoms with Gasteiger partial charge in [0.25, 0.3) is 21.3 Å². The van der Waals surface area contributed by atoms with Crippen molar-refractivity contribution >= 4 is 26.7 Å². The molecule has 0 atom stereocenters. The van der Waals surface area contributed by atoms with Crippen molar-refractivity contribution in [3.05, 3.63) is 74.2 Å². The summed E-state index contributed by atoms with van der Waals surface area (Å²) in [6.07, 6.45) is 0. The van der Waals surface area contributed by atoms with E-state index in [1.807, 2.05) is 6.92 Å². The molecule has 3 rings (SSSR count). The molecule has 0 aliphatic rings. The molecule has 2 aromatic carbocycles. The van der Waals surface area contributed by atoms with Crippen molar-refractivity contribution in [2.24, 2.45) is 0 Å². The second kappa shape index (κ2) is 5.78. The zero-order valence-electron chi connectivity index (χ0n) is 13.3. The van der Waals surface area contributed by atoms with Crippen LogP contribution in [-0.4, -0.2) is 22.3 Å². The van der Waals surface area contributed by atoms with Crippen LogP contribution in [0.15, 0.2) is 52.2 Å². The van der Waals surface area contributed by atoms with Gasteiger partial charge < -0.3 is 0 Å². The van der Waals surface area contributed by atoms with Crippen molar-refractivity contribution in [1.82, 2.24) is 8.96 Å². The summed E-state index contributed by atoms with van der Waals surface area (Å²) < 4.78 is 26.5. The van der Waals surface area contributed by atoms with Crippen LogP contribution in [0.5, 0.6) is 0 Å². The van der Waals surface area contributed by atoms with Crippen LogP contribution in [0.2, 0.25) is 0 Å². The smallest absolute Gasteiger partial charge is 0.266 e. The molecule has 0 amide bonds.